The molecule has 0 N–H and O–H groups in total. The predicted molar refractivity (Wildman–Crippen MR) is 301 cm³/mol. The molecule has 2 heteroatoms. The molecule has 0 bridgehead atoms. The van der Waals surface area contributed by atoms with Crippen LogP contribution in [0.3, 0.4) is 0 Å². The Morgan fingerprint density at radius 2 is 0.632 bits per heavy atom. The quantitative estimate of drug-likeness (QED) is 0.0395. The van der Waals surface area contributed by atoms with Crippen LogP contribution in [0.25, 0.3) is 21.5 Å². The summed E-state index contributed by atoms with van der Waals surface area (Å²) in [5, 5.41) is 5.61. The minimum Gasteiger partial charge on any atom is -0.310 e. The van der Waals surface area contributed by atoms with Crippen molar-refractivity contribution in [3.05, 3.63) is 166 Å². The van der Waals surface area contributed by atoms with Gasteiger partial charge >= 0.3 is 0 Å². The number of aryl methyl sites for hydroxylation is 8. The lowest BCUT2D eigenvalue weighted by Gasteiger charge is -2.31. The molecule has 0 aliphatic heterocycles. The van der Waals surface area contributed by atoms with Crippen LogP contribution in [-0.4, -0.2) is 0 Å². The number of rotatable bonds is 26. The summed E-state index contributed by atoms with van der Waals surface area (Å²) in [7, 11) is 0. The maximum atomic E-state index is 2.58. The van der Waals surface area contributed by atoms with Crippen molar-refractivity contribution in [3.63, 3.8) is 0 Å². The second-order valence-corrected chi connectivity index (χ2v) is 20.2. The van der Waals surface area contributed by atoms with Crippen molar-refractivity contribution in [2.75, 3.05) is 9.80 Å². The van der Waals surface area contributed by atoms with Gasteiger partial charge < -0.3 is 9.80 Å². The number of nitrogens with zero attached hydrogens (tertiary/aromatic N) is 2. The number of unbranched alkanes of at least 4 members (excludes halogenated alkanes) is 12. The minimum atomic E-state index is 1.10. The fraction of sp³-hybridized carbons (Fsp3) is 0.424. The van der Waals surface area contributed by atoms with Gasteiger partial charge in [0, 0.05) is 22.7 Å². The Bertz CT molecular complexity index is 2440. The van der Waals surface area contributed by atoms with Gasteiger partial charge in [0.1, 0.15) is 0 Å². The first-order valence-electron chi connectivity index (χ1n) is 27.2. The lowest BCUT2D eigenvalue weighted by Crippen LogP contribution is -2.14. The molecule has 0 aromatic heterocycles. The van der Waals surface area contributed by atoms with Gasteiger partial charge in [-0.3, -0.25) is 0 Å². The van der Waals surface area contributed by atoms with E-state index in [0.717, 1.165) is 25.7 Å². The summed E-state index contributed by atoms with van der Waals surface area (Å²) in [6.45, 7) is 18.5. The van der Waals surface area contributed by atoms with E-state index in [4.69, 9.17) is 0 Å². The zero-order valence-electron chi connectivity index (χ0n) is 43.6. The molecule has 7 rings (SSSR count). The van der Waals surface area contributed by atoms with Crippen LogP contribution >= 0.6 is 0 Å². The molecule has 0 radical (unpaired) electrons. The molecule has 0 saturated heterocycles. The highest BCUT2D eigenvalue weighted by atomic mass is 15.2. The average molecular weight is 905 g/mol. The van der Waals surface area contributed by atoms with E-state index in [1.54, 1.807) is 11.1 Å². The highest BCUT2D eigenvalue weighted by Crippen LogP contribution is 2.46. The SMILES string of the molecule is CCCCCCCCc1c(CCCCCCCC)c2cc(N(c3ccccc3)c3c(C)cc(CCCC)cc3C)ccc2c2ccc(N(c3ccccc3)c3c(C)cc(CCCC)cc3C)cc12. The van der Waals surface area contributed by atoms with Crippen molar-refractivity contribution >= 4 is 55.7 Å². The van der Waals surface area contributed by atoms with Crippen LogP contribution in [0.1, 0.15) is 175 Å². The summed E-state index contributed by atoms with van der Waals surface area (Å²) >= 11 is 0. The monoisotopic (exact) mass is 905 g/mol. The van der Waals surface area contributed by atoms with Gasteiger partial charge in [-0.2, -0.15) is 0 Å². The van der Waals surface area contributed by atoms with Crippen LogP contribution in [0.15, 0.2) is 121 Å². The number of anilines is 6. The standard InChI is InChI=1S/C66H84N2/c1-9-13-17-19-21-29-37-59-60(38-30-22-20-18-14-10-2)64-48-58(68(56-35-27-24-28-36-56)66-51(7)45-54(32-16-12-4)46-52(66)8)40-42-62(64)61-41-39-57(47-63(59)61)67(55-33-25-23-26-34-55)65-49(5)43-53(31-15-11-3)44-50(65)6/h23-28,33-36,39-48H,9-22,29-32,37-38H2,1-8H3. The van der Waals surface area contributed by atoms with E-state index in [2.05, 4.69) is 187 Å². The van der Waals surface area contributed by atoms with Gasteiger partial charge in [-0.15, -0.1) is 0 Å². The van der Waals surface area contributed by atoms with Gasteiger partial charge in [0.25, 0.3) is 0 Å². The molecule has 0 heterocycles. The molecular formula is C66H84N2. The summed E-state index contributed by atoms with van der Waals surface area (Å²) in [5.74, 6) is 0. The molecular weight excluding hydrogens is 821 g/mol. The normalized spacial score (nSPS) is 11.5. The van der Waals surface area contributed by atoms with Crippen LogP contribution in [0.5, 0.6) is 0 Å². The van der Waals surface area contributed by atoms with E-state index in [0.29, 0.717) is 0 Å². The van der Waals surface area contributed by atoms with Crippen molar-refractivity contribution in [1.29, 1.82) is 0 Å². The molecule has 7 aromatic carbocycles. The van der Waals surface area contributed by atoms with E-state index in [9.17, 15) is 0 Å². The first-order chi connectivity index (χ1) is 33.3. The van der Waals surface area contributed by atoms with Gasteiger partial charge in [0.2, 0.25) is 0 Å². The summed E-state index contributed by atoms with van der Waals surface area (Å²) in [4.78, 5) is 5.11. The van der Waals surface area contributed by atoms with Crippen LogP contribution in [-0.2, 0) is 25.7 Å². The van der Waals surface area contributed by atoms with Gasteiger partial charge in [-0.05, 0) is 194 Å². The maximum absolute atomic E-state index is 2.58. The first-order valence-corrected chi connectivity index (χ1v) is 27.2. The zero-order chi connectivity index (χ0) is 47.8. The van der Waals surface area contributed by atoms with Crippen LogP contribution < -0.4 is 9.80 Å². The van der Waals surface area contributed by atoms with E-state index >= 15 is 0 Å². The molecule has 0 amide bonds. The summed E-state index contributed by atoms with van der Waals surface area (Å²) in [5.41, 5.74) is 18.9. The molecule has 358 valence electrons. The second kappa shape index (κ2) is 25.3. The first kappa shape index (κ1) is 50.5. The molecule has 0 aliphatic rings. The van der Waals surface area contributed by atoms with E-state index in [1.807, 2.05) is 0 Å². The highest BCUT2D eigenvalue weighted by Gasteiger charge is 2.23. The van der Waals surface area contributed by atoms with Gasteiger partial charge in [-0.1, -0.05) is 178 Å². The van der Waals surface area contributed by atoms with Crippen molar-refractivity contribution in [3.8, 4) is 0 Å². The van der Waals surface area contributed by atoms with Crippen molar-refractivity contribution < 1.29 is 0 Å². The van der Waals surface area contributed by atoms with Crippen LogP contribution in [0.2, 0.25) is 0 Å². The van der Waals surface area contributed by atoms with Gasteiger partial charge in [-0.25, -0.2) is 0 Å². The summed E-state index contributed by atoms with van der Waals surface area (Å²) < 4.78 is 0. The predicted octanol–water partition coefficient (Wildman–Crippen LogP) is 20.7. The van der Waals surface area contributed by atoms with E-state index in [1.165, 1.54) is 192 Å². The Morgan fingerprint density at radius 1 is 0.294 bits per heavy atom. The molecule has 0 saturated carbocycles. The van der Waals surface area contributed by atoms with Crippen molar-refractivity contribution in [2.24, 2.45) is 0 Å². The molecule has 0 aliphatic carbocycles. The zero-order valence-corrected chi connectivity index (χ0v) is 43.6. The Kier molecular flexibility index (Phi) is 18.8. The Morgan fingerprint density at radius 3 is 0.985 bits per heavy atom. The summed E-state index contributed by atoms with van der Waals surface area (Å²) in [6, 6.07) is 47.0. The molecule has 68 heavy (non-hydrogen) atoms. The number of benzene rings is 7. The second-order valence-electron chi connectivity index (χ2n) is 20.2. The lowest BCUT2D eigenvalue weighted by atomic mass is 9.86. The third-order valence-corrected chi connectivity index (χ3v) is 14.6. The van der Waals surface area contributed by atoms with Gasteiger partial charge in [0.15, 0.2) is 0 Å². The molecule has 0 unspecified atom stereocenters. The maximum Gasteiger partial charge on any atom is 0.0520 e. The largest absolute Gasteiger partial charge is 0.310 e. The number of hydrogen-bond donors (Lipinski definition) is 0. The molecule has 0 atom stereocenters. The van der Waals surface area contributed by atoms with E-state index < -0.39 is 0 Å². The third-order valence-electron chi connectivity index (χ3n) is 14.6. The number of hydrogen-bond acceptors (Lipinski definition) is 2. The number of para-hydroxylation sites is 2. The fourth-order valence-electron chi connectivity index (χ4n) is 11.2. The molecule has 7 aromatic rings. The Hall–Kier alpha value is -5.34. The van der Waals surface area contributed by atoms with Crippen molar-refractivity contribution in [1.82, 2.24) is 0 Å². The highest BCUT2D eigenvalue weighted by molar-refractivity contribution is 6.13. The molecule has 0 fully saturated rings. The average Bonchev–Trinajstić information content (AvgIpc) is 3.35. The van der Waals surface area contributed by atoms with Gasteiger partial charge in [0.05, 0.1) is 11.4 Å². The fourth-order valence-corrected chi connectivity index (χ4v) is 11.2. The third kappa shape index (κ3) is 12.3. The van der Waals surface area contributed by atoms with Crippen LogP contribution in [0, 0.1) is 27.7 Å². The smallest absolute Gasteiger partial charge is 0.0520 e. The lowest BCUT2D eigenvalue weighted by molar-refractivity contribution is 0.600. The number of fused-ring (bicyclic) bond motifs is 3. The molecule has 0 spiro atoms. The Balaban J connectivity index is 1.46. The minimum absolute atomic E-state index is 1.10. The van der Waals surface area contributed by atoms with Crippen molar-refractivity contribution in [2.45, 2.75) is 184 Å². The van der Waals surface area contributed by atoms with E-state index in [-0.39, 0.29) is 0 Å². The molecule has 2 nitrogen and oxygen atoms in total. The Labute approximate surface area is 413 Å². The summed E-state index contributed by atoms with van der Waals surface area (Å²) in [6.07, 6.45) is 24.9. The topological polar surface area (TPSA) is 6.48 Å². The van der Waals surface area contributed by atoms with Crippen LogP contribution in [0.4, 0.5) is 34.1 Å².